The number of halogens is 2. The second-order valence-corrected chi connectivity index (χ2v) is 5.95. The zero-order valence-corrected chi connectivity index (χ0v) is 12.0. The van der Waals surface area contributed by atoms with Crippen LogP contribution in [0.2, 0.25) is 0 Å². The van der Waals surface area contributed by atoms with Gasteiger partial charge >= 0.3 is 0 Å². The number of fused-ring (bicyclic) bond motifs is 1. The van der Waals surface area contributed by atoms with E-state index in [4.69, 9.17) is 5.73 Å². The Balaban J connectivity index is 2.46. The Kier molecular flexibility index (Phi) is 3.62. The highest BCUT2D eigenvalue weighted by Gasteiger charge is 2.22. The molecule has 1 aromatic rings. The van der Waals surface area contributed by atoms with Crippen LogP contribution in [0.15, 0.2) is 22.7 Å². The number of nitrogens with zero attached hydrogens (tertiary/aromatic N) is 1. The van der Waals surface area contributed by atoms with Crippen LogP contribution in [0.5, 0.6) is 0 Å². The molecule has 5 heteroatoms. The van der Waals surface area contributed by atoms with Crippen molar-refractivity contribution in [3.8, 4) is 0 Å². The fourth-order valence-electron chi connectivity index (χ4n) is 1.65. The average Bonchev–Trinajstić information content (AvgIpc) is 2.18. The first-order valence-corrected chi connectivity index (χ1v) is 8.44. The van der Waals surface area contributed by atoms with Gasteiger partial charge in [-0.2, -0.15) is 0 Å². The van der Waals surface area contributed by atoms with Crippen LogP contribution in [0.25, 0.3) is 0 Å². The molecule has 1 aliphatic rings. The van der Waals surface area contributed by atoms with Gasteiger partial charge in [0.05, 0.1) is 5.69 Å². The molecule has 2 rings (SSSR count). The maximum absolute atomic E-state index is 6.06. The molecule has 0 bridgehead atoms. The molecule has 2 N–H and O–H groups in total. The fourth-order valence-corrected chi connectivity index (χ4v) is 3.63. The van der Waals surface area contributed by atoms with Gasteiger partial charge in [0, 0.05) is 47.4 Å². The van der Waals surface area contributed by atoms with Crippen molar-refractivity contribution in [3.63, 3.8) is 0 Å². The van der Waals surface area contributed by atoms with E-state index in [-0.39, 0.29) is 6.04 Å². The molecular formula is C9H10BrIN2S. The Labute approximate surface area is 108 Å². The molecule has 0 fully saturated rings. The molecule has 0 aliphatic carbocycles. The number of benzene rings is 1. The minimum absolute atomic E-state index is 0.192. The number of hydrogen-bond acceptors (Lipinski definition) is 3. The molecular weight excluding hydrogens is 375 g/mol. The average molecular weight is 385 g/mol. The highest BCUT2D eigenvalue weighted by molar-refractivity contribution is 14.2. The first-order valence-electron chi connectivity index (χ1n) is 4.33. The van der Waals surface area contributed by atoms with Crippen molar-refractivity contribution in [1.29, 1.82) is 0 Å². The van der Waals surface area contributed by atoms with E-state index in [1.165, 1.54) is 11.3 Å². The fraction of sp³-hybridized carbons (Fsp3) is 0.333. The standard InChI is InChI=1S/C9H10BrIN2S/c10-6-1-2-7-8(12)3-4-13(14-11)9(7)5-6/h1-2,5,8H,3-4,12H2. The summed E-state index contributed by atoms with van der Waals surface area (Å²) in [5.41, 5.74) is 8.56. The summed E-state index contributed by atoms with van der Waals surface area (Å²) in [7, 11) is 1.73. The van der Waals surface area contributed by atoms with Crippen molar-refractivity contribution < 1.29 is 0 Å². The van der Waals surface area contributed by atoms with E-state index < -0.39 is 0 Å². The zero-order chi connectivity index (χ0) is 10.1. The quantitative estimate of drug-likeness (QED) is 0.591. The molecule has 1 aliphatic heterocycles. The lowest BCUT2D eigenvalue weighted by Crippen LogP contribution is -2.27. The van der Waals surface area contributed by atoms with Crippen LogP contribution in [0, 0.1) is 0 Å². The Bertz CT molecular complexity index is 348. The summed E-state index contributed by atoms with van der Waals surface area (Å²) in [6.45, 7) is 1.03. The maximum Gasteiger partial charge on any atom is 0.0536 e. The molecule has 0 spiro atoms. The molecule has 1 aromatic carbocycles. The molecule has 0 radical (unpaired) electrons. The first kappa shape index (κ1) is 11.0. The van der Waals surface area contributed by atoms with Gasteiger partial charge < -0.3 is 10.0 Å². The van der Waals surface area contributed by atoms with Crippen molar-refractivity contribution in [3.05, 3.63) is 28.2 Å². The van der Waals surface area contributed by atoms with Gasteiger partial charge in [0.2, 0.25) is 0 Å². The van der Waals surface area contributed by atoms with Gasteiger partial charge in [-0.15, -0.1) is 0 Å². The molecule has 2 nitrogen and oxygen atoms in total. The minimum atomic E-state index is 0.192. The van der Waals surface area contributed by atoms with E-state index in [1.807, 2.05) is 0 Å². The molecule has 0 aromatic heterocycles. The summed E-state index contributed by atoms with van der Waals surface area (Å²) >= 11 is 5.80. The van der Waals surface area contributed by atoms with Crippen molar-refractivity contribution in [2.45, 2.75) is 12.5 Å². The monoisotopic (exact) mass is 384 g/mol. The topological polar surface area (TPSA) is 29.3 Å². The first-order chi connectivity index (χ1) is 6.72. The van der Waals surface area contributed by atoms with Gasteiger partial charge in [-0.05, 0) is 24.1 Å². The number of anilines is 1. The Morgan fingerprint density at radius 2 is 2.36 bits per heavy atom. The second kappa shape index (κ2) is 4.59. The summed E-state index contributed by atoms with van der Waals surface area (Å²) in [6, 6.07) is 6.50. The van der Waals surface area contributed by atoms with E-state index >= 15 is 0 Å². The molecule has 14 heavy (non-hydrogen) atoms. The summed E-state index contributed by atoms with van der Waals surface area (Å²) < 4.78 is 3.39. The van der Waals surface area contributed by atoms with E-state index in [1.54, 1.807) is 9.12 Å². The van der Waals surface area contributed by atoms with Crippen LogP contribution in [-0.2, 0) is 0 Å². The van der Waals surface area contributed by atoms with Crippen LogP contribution in [0.3, 0.4) is 0 Å². The lowest BCUT2D eigenvalue weighted by Gasteiger charge is -2.31. The van der Waals surface area contributed by atoms with E-state index in [9.17, 15) is 0 Å². The number of rotatable bonds is 1. The van der Waals surface area contributed by atoms with Gasteiger partial charge in [-0.25, -0.2) is 0 Å². The summed E-state index contributed by atoms with van der Waals surface area (Å²) in [4.78, 5) is 0. The van der Waals surface area contributed by atoms with Gasteiger partial charge in [-0.1, -0.05) is 22.0 Å². The molecule has 0 amide bonds. The molecule has 0 saturated heterocycles. The normalized spacial score (nSPS) is 20.8. The van der Waals surface area contributed by atoms with Crippen LogP contribution in [-0.4, -0.2) is 6.54 Å². The summed E-state index contributed by atoms with van der Waals surface area (Å²) in [6.07, 6.45) is 1.03. The van der Waals surface area contributed by atoms with Crippen molar-refractivity contribution in [2.75, 3.05) is 10.8 Å². The molecule has 1 unspecified atom stereocenters. The van der Waals surface area contributed by atoms with Crippen molar-refractivity contribution in [2.24, 2.45) is 5.73 Å². The molecule has 76 valence electrons. The van der Waals surface area contributed by atoms with Crippen molar-refractivity contribution >= 4 is 51.9 Å². The largest absolute Gasteiger partial charge is 0.324 e. The van der Waals surface area contributed by atoms with Crippen LogP contribution >= 0.6 is 46.3 Å². The zero-order valence-electron chi connectivity index (χ0n) is 7.41. The molecule has 1 heterocycles. The predicted molar refractivity (Wildman–Crippen MR) is 74.6 cm³/mol. The smallest absolute Gasteiger partial charge is 0.0536 e. The number of nitrogens with two attached hydrogens (primary N) is 1. The SMILES string of the molecule is NC1CCN(SI)c2cc(Br)ccc21. The summed E-state index contributed by atoms with van der Waals surface area (Å²) in [5, 5.41) is 0. The maximum atomic E-state index is 6.06. The summed E-state index contributed by atoms with van der Waals surface area (Å²) in [5.74, 6) is 0. The van der Waals surface area contributed by atoms with E-state index in [0.717, 1.165) is 17.4 Å². The van der Waals surface area contributed by atoms with Crippen LogP contribution in [0.4, 0.5) is 5.69 Å². The highest BCUT2D eigenvalue weighted by atomic mass is 127. The van der Waals surface area contributed by atoms with Crippen molar-refractivity contribution in [1.82, 2.24) is 0 Å². The number of hydrogen-bond donors (Lipinski definition) is 1. The minimum Gasteiger partial charge on any atom is -0.324 e. The predicted octanol–water partition coefficient (Wildman–Crippen LogP) is 3.66. The lowest BCUT2D eigenvalue weighted by molar-refractivity contribution is 0.639. The van der Waals surface area contributed by atoms with Gasteiger partial charge in [0.15, 0.2) is 0 Å². The third kappa shape index (κ3) is 2.05. The van der Waals surface area contributed by atoms with E-state index in [0.29, 0.717) is 0 Å². The van der Waals surface area contributed by atoms with Crippen LogP contribution in [0.1, 0.15) is 18.0 Å². The second-order valence-electron chi connectivity index (χ2n) is 3.27. The Hall–Kier alpha value is 0.540. The third-order valence-corrected chi connectivity index (χ3v) is 4.85. The highest BCUT2D eigenvalue weighted by Crippen LogP contribution is 2.39. The lowest BCUT2D eigenvalue weighted by atomic mass is 9.99. The van der Waals surface area contributed by atoms with Gasteiger partial charge in [0.25, 0.3) is 0 Å². The van der Waals surface area contributed by atoms with E-state index in [2.05, 4.69) is 59.6 Å². The van der Waals surface area contributed by atoms with Gasteiger partial charge in [0.1, 0.15) is 0 Å². The van der Waals surface area contributed by atoms with Gasteiger partial charge in [-0.3, -0.25) is 0 Å². The molecule has 1 atom stereocenters. The Morgan fingerprint density at radius 1 is 1.57 bits per heavy atom. The van der Waals surface area contributed by atoms with Crippen LogP contribution < -0.4 is 10.0 Å². The molecule has 0 saturated carbocycles. The Morgan fingerprint density at radius 3 is 3.07 bits per heavy atom. The third-order valence-electron chi connectivity index (χ3n) is 2.39.